The molecule has 0 radical (unpaired) electrons. The summed E-state index contributed by atoms with van der Waals surface area (Å²) >= 11 is 6.57. The van der Waals surface area contributed by atoms with Crippen LogP contribution in [0, 0.1) is 5.92 Å². The summed E-state index contributed by atoms with van der Waals surface area (Å²) in [6.45, 7) is 2.45. The van der Waals surface area contributed by atoms with E-state index >= 15 is 0 Å². The summed E-state index contributed by atoms with van der Waals surface area (Å²) in [5, 5.41) is 0.516. The van der Waals surface area contributed by atoms with E-state index < -0.39 is 0 Å². The highest BCUT2D eigenvalue weighted by molar-refractivity contribution is 6.34. The van der Waals surface area contributed by atoms with Gasteiger partial charge < -0.3 is 20.9 Å². The van der Waals surface area contributed by atoms with Crippen LogP contribution in [0.3, 0.4) is 0 Å². The van der Waals surface area contributed by atoms with Crippen LogP contribution in [0.2, 0.25) is 5.02 Å². The number of nitrogens with two attached hydrogens (primary N) is 2. The maximum Gasteiger partial charge on any atom is 0.221 e. The molecule has 1 fully saturated rings. The van der Waals surface area contributed by atoms with Gasteiger partial charge >= 0.3 is 0 Å². The lowest BCUT2D eigenvalue weighted by atomic mass is 9.96. The van der Waals surface area contributed by atoms with Crippen LogP contribution in [0.5, 0.6) is 11.5 Å². The average Bonchev–Trinajstić information content (AvgIpc) is 3.46. The van der Waals surface area contributed by atoms with E-state index in [0.717, 1.165) is 16.7 Å². The van der Waals surface area contributed by atoms with Gasteiger partial charge in [0.05, 0.1) is 6.61 Å². The number of fused-ring (bicyclic) bond motifs is 1. The number of hydrogen-bond donors (Lipinski definition) is 2. The third-order valence-electron chi connectivity index (χ3n) is 4.70. The molecule has 1 unspecified atom stereocenters. The lowest BCUT2D eigenvalue weighted by Gasteiger charge is -2.25. The minimum Gasteiger partial charge on any atom is -0.492 e. The zero-order valence-electron chi connectivity index (χ0n) is 14.5. The molecule has 1 aliphatic carbocycles. The number of hydrogen-bond acceptors (Lipinski definition) is 6. The summed E-state index contributed by atoms with van der Waals surface area (Å²) in [5.41, 5.74) is 14.3. The molecule has 2 heterocycles. The van der Waals surface area contributed by atoms with Gasteiger partial charge in [0.2, 0.25) is 5.95 Å². The highest BCUT2D eigenvalue weighted by Gasteiger charge is 2.34. The van der Waals surface area contributed by atoms with Crippen molar-refractivity contribution in [2.24, 2.45) is 5.92 Å². The molecule has 0 bridgehead atoms. The van der Waals surface area contributed by atoms with E-state index in [1.165, 1.54) is 12.8 Å². The Bertz CT molecular complexity index is 880. The molecule has 4 N–H and O–H groups in total. The fraction of sp³-hybridized carbons (Fsp3) is 0.368. The molecule has 2 aromatic rings. The number of benzene rings is 1. The van der Waals surface area contributed by atoms with E-state index in [-0.39, 0.29) is 12.1 Å². The molecule has 6 nitrogen and oxygen atoms in total. The van der Waals surface area contributed by atoms with Gasteiger partial charge in [-0.3, -0.25) is 0 Å². The first-order chi connectivity index (χ1) is 12.6. The maximum atomic E-state index is 6.57. The Morgan fingerprint density at radius 1 is 1.31 bits per heavy atom. The van der Waals surface area contributed by atoms with Crippen LogP contribution in [-0.4, -0.2) is 22.7 Å². The molecule has 136 valence electrons. The van der Waals surface area contributed by atoms with Crippen molar-refractivity contribution in [1.82, 2.24) is 9.97 Å². The van der Waals surface area contributed by atoms with Crippen LogP contribution in [0.4, 0.5) is 11.8 Å². The number of rotatable bonds is 5. The van der Waals surface area contributed by atoms with E-state index in [9.17, 15) is 0 Å². The molecule has 1 atom stereocenters. The molecule has 0 saturated heterocycles. The number of nitrogens with zero attached hydrogens (tertiary/aromatic N) is 2. The molecule has 4 rings (SSSR count). The van der Waals surface area contributed by atoms with Crippen molar-refractivity contribution in [2.45, 2.75) is 32.3 Å². The molecular weight excluding hydrogens is 352 g/mol. The van der Waals surface area contributed by atoms with Gasteiger partial charge in [-0.25, -0.2) is 4.98 Å². The van der Waals surface area contributed by atoms with Crippen LogP contribution in [0.1, 0.15) is 36.5 Å². The van der Waals surface area contributed by atoms with Gasteiger partial charge in [0.25, 0.3) is 0 Å². The maximum absolute atomic E-state index is 6.57. The number of ether oxygens (including phenoxy) is 2. The lowest BCUT2D eigenvalue weighted by Crippen LogP contribution is -2.20. The second-order valence-corrected chi connectivity index (χ2v) is 7.00. The Morgan fingerprint density at radius 2 is 2.12 bits per heavy atom. The molecule has 1 aromatic heterocycles. The van der Waals surface area contributed by atoms with Crippen molar-refractivity contribution in [1.29, 1.82) is 0 Å². The predicted octanol–water partition coefficient (Wildman–Crippen LogP) is 3.47. The third kappa shape index (κ3) is 3.17. The number of halogens is 1. The van der Waals surface area contributed by atoms with E-state index in [0.29, 0.717) is 41.3 Å². The molecule has 2 aliphatic rings. The molecule has 1 aromatic carbocycles. The summed E-state index contributed by atoms with van der Waals surface area (Å²) in [6.07, 6.45) is 8.86. The highest BCUT2D eigenvalue weighted by Crippen LogP contribution is 2.46. The normalized spacial score (nSPS) is 18.3. The van der Waals surface area contributed by atoms with Gasteiger partial charge in [-0.1, -0.05) is 17.7 Å². The predicted molar refractivity (Wildman–Crippen MR) is 102 cm³/mol. The van der Waals surface area contributed by atoms with Gasteiger partial charge in [-0.2, -0.15) is 4.98 Å². The van der Waals surface area contributed by atoms with Crippen molar-refractivity contribution in [2.75, 3.05) is 18.1 Å². The Hall–Kier alpha value is -2.47. The zero-order valence-corrected chi connectivity index (χ0v) is 15.3. The van der Waals surface area contributed by atoms with Gasteiger partial charge in [0, 0.05) is 23.7 Å². The van der Waals surface area contributed by atoms with Crippen molar-refractivity contribution in [3.63, 3.8) is 0 Å². The Kier molecular flexibility index (Phi) is 4.36. The monoisotopic (exact) mass is 372 g/mol. The van der Waals surface area contributed by atoms with Gasteiger partial charge in [0.15, 0.2) is 0 Å². The second kappa shape index (κ2) is 6.68. The van der Waals surface area contributed by atoms with Crippen LogP contribution in [-0.2, 0) is 6.42 Å². The molecule has 7 heteroatoms. The summed E-state index contributed by atoms with van der Waals surface area (Å²) in [4.78, 5) is 8.09. The van der Waals surface area contributed by atoms with Crippen molar-refractivity contribution >= 4 is 29.4 Å². The van der Waals surface area contributed by atoms with Gasteiger partial charge in [-0.05, 0) is 43.4 Å². The first-order valence-corrected chi connectivity index (χ1v) is 9.14. The largest absolute Gasteiger partial charge is 0.492 e. The molecular formula is C19H21ClN4O2. The standard InChI is InChI=1S/C19H21ClN4O2/c1-2-25-15-8-11(7-12-9-23-19(22)24-18(12)21)13-5-6-14(10-3-4-10)26-17(13)16(15)20/h5-6,8-10,14H,2-4,7H2,1H3,(H4,21,22,23,24). The van der Waals surface area contributed by atoms with E-state index in [4.69, 9.17) is 32.5 Å². The van der Waals surface area contributed by atoms with Crippen molar-refractivity contribution < 1.29 is 9.47 Å². The number of aromatic nitrogens is 2. The molecule has 0 spiro atoms. The van der Waals surface area contributed by atoms with E-state index in [1.54, 1.807) is 6.20 Å². The van der Waals surface area contributed by atoms with Gasteiger partial charge in [-0.15, -0.1) is 0 Å². The summed E-state index contributed by atoms with van der Waals surface area (Å²) in [7, 11) is 0. The first-order valence-electron chi connectivity index (χ1n) is 8.76. The van der Waals surface area contributed by atoms with Crippen LogP contribution in [0.15, 0.2) is 18.3 Å². The quantitative estimate of drug-likeness (QED) is 0.834. The molecule has 0 amide bonds. The summed E-state index contributed by atoms with van der Waals surface area (Å²) in [6, 6.07) is 1.94. The lowest BCUT2D eigenvalue weighted by molar-refractivity contribution is 0.221. The van der Waals surface area contributed by atoms with Crippen molar-refractivity contribution in [3.8, 4) is 11.5 Å². The number of anilines is 2. The van der Waals surface area contributed by atoms with Crippen molar-refractivity contribution in [3.05, 3.63) is 40.1 Å². The fourth-order valence-electron chi connectivity index (χ4n) is 3.20. The molecule has 1 aliphatic heterocycles. The highest BCUT2D eigenvalue weighted by atomic mass is 35.5. The fourth-order valence-corrected chi connectivity index (χ4v) is 3.46. The van der Waals surface area contributed by atoms with Crippen LogP contribution in [0.25, 0.3) is 6.08 Å². The second-order valence-electron chi connectivity index (χ2n) is 6.62. The van der Waals surface area contributed by atoms with Gasteiger partial charge in [0.1, 0.15) is 28.4 Å². The van der Waals surface area contributed by atoms with Crippen LogP contribution < -0.4 is 20.9 Å². The Morgan fingerprint density at radius 3 is 2.81 bits per heavy atom. The zero-order chi connectivity index (χ0) is 18.3. The third-order valence-corrected chi connectivity index (χ3v) is 5.06. The summed E-state index contributed by atoms with van der Waals surface area (Å²) in [5.74, 6) is 2.41. The topological polar surface area (TPSA) is 96.3 Å². The first kappa shape index (κ1) is 17.0. The van der Waals surface area contributed by atoms with E-state index in [2.05, 4.69) is 22.1 Å². The smallest absolute Gasteiger partial charge is 0.221 e. The minimum atomic E-state index is 0.0784. The molecule has 26 heavy (non-hydrogen) atoms. The molecule has 1 saturated carbocycles. The van der Waals surface area contributed by atoms with E-state index in [1.807, 2.05) is 13.0 Å². The Labute approximate surface area is 157 Å². The Balaban J connectivity index is 1.76. The summed E-state index contributed by atoms with van der Waals surface area (Å²) < 4.78 is 11.9. The average molecular weight is 373 g/mol. The minimum absolute atomic E-state index is 0.0784. The number of nitrogen functional groups attached to an aromatic ring is 2. The van der Waals surface area contributed by atoms with Crippen LogP contribution >= 0.6 is 11.6 Å². The SMILES string of the molecule is CCOc1cc(Cc2cnc(N)nc2N)c2c(c1Cl)OC(C1CC1)C=C2.